The maximum absolute atomic E-state index is 12.8. The van der Waals surface area contributed by atoms with E-state index in [2.05, 4.69) is 17.2 Å². The number of quaternary nitrogens is 1. The average molecular weight is 396 g/mol. The zero-order valence-electron chi connectivity index (χ0n) is 16.3. The van der Waals surface area contributed by atoms with Gasteiger partial charge < -0.3 is 4.90 Å². The third kappa shape index (κ3) is 5.28. The van der Waals surface area contributed by atoms with Gasteiger partial charge in [-0.1, -0.05) is 25.3 Å². The van der Waals surface area contributed by atoms with Gasteiger partial charge in [0.15, 0.2) is 0 Å². The Bertz CT molecular complexity index is 767. The Kier molecular flexibility index (Phi) is 6.52. The molecular weight excluding hydrogens is 364 g/mol. The minimum absolute atomic E-state index is 0.00447. The number of benzene rings is 1. The number of nitrogens with zero attached hydrogens (tertiary/aromatic N) is 1. The van der Waals surface area contributed by atoms with E-state index < -0.39 is 10.0 Å². The highest BCUT2D eigenvalue weighted by Crippen LogP contribution is 2.21. The molecule has 7 nitrogen and oxygen atoms in total. The van der Waals surface area contributed by atoms with Crippen LogP contribution in [0.2, 0.25) is 0 Å². The van der Waals surface area contributed by atoms with Crippen molar-refractivity contribution in [2.45, 2.75) is 50.0 Å². The molecule has 1 aromatic rings. The van der Waals surface area contributed by atoms with Crippen LogP contribution in [0.1, 0.15) is 48.0 Å². The largest absolute Gasteiger partial charge is 0.335 e. The van der Waals surface area contributed by atoms with Crippen LogP contribution in [0.15, 0.2) is 23.1 Å². The predicted molar refractivity (Wildman–Crippen MR) is 104 cm³/mol. The summed E-state index contributed by atoms with van der Waals surface area (Å²) in [6, 6.07) is 4.78. The molecule has 0 spiro atoms. The van der Waals surface area contributed by atoms with Gasteiger partial charge in [0.05, 0.1) is 38.1 Å². The lowest BCUT2D eigenvalue weighted by molar-refractivity contribution is -0.884. The molecule has 0 unspecified atom stereocenters. The molecule has 0 bridgehead atoms. The molecule has 1 aliphatic carbocycles. The van der Waals surface area contributed by atoms with Crippen LogP contribution in [0.5, 0.6) is 0 Å². The van der Waals surface area contributed by atoms with E-state index in [1.165, 1.54) is 17.4 Å². The van der Waals surface area contributed by atoms with E-state index >= 15 is 0 Å². The van der Waals surface area contributed by atoms with E-state index in [4.69, 9.17) is 0 Å². The monoisotopic (exact) mass is 395 g/mol. The van der Waals surface area contributed by atoms with Crippen molar-refractivity contribution in [1.82, 2.24) is 15.2 Å². The normalized spacial score (nSPS) is 20.5. The molecular formula is C19H31N4O3S+. The number of rotatable bonds is 5. The lowest BCUT2D eigenvalue weighted by Gasteiger charge is -2.30. The van der Waals surface area contributed by atoms with Crippen LogP contribution in [0.25, 0.3) is 0 Å². The van der Waals surface area contributed by atoms with Crippen molar-refractivity contribution in [1.29, 1.82) is 0 Å². The second kappa shape index (κ2) is 8.68. The molecule has 150 valence electrons. The van der Waals surface area contributed by atoms with Crippen molar-refractivity contribution in [3.63, 3.8) is 0 Å². The van der Waals surface area contributed by atoms with Crippen LogP contribution >= 0.6 is 0 Å². The minimum atomic E-state index is -3.62. The number of carbonyl (C=O) groups excluding carboxylic acids is 1. The predicted octanol–water partition coefficient (Wildman–Crippen LogP) is 0.0811. The van der Waals surface area contributed by atoms with Crippen molar-refractivity contribution >= 4 is 15.9 Å². The molecule has 1 amide bonds. The van der Waals surface area contributed by atoms with Gasteiger partial charge in [0.2, 0.25) is 10.0 Å². The fourth-order valence-electron chi connectivity index (χ4n) is 3.72. The van der Waals surface area contributed by atoms with Gasteiger partial charge in [-0.3, -0.25) is 10.2 Å². The van der Waals surface area contributed by atoms with E-state index in [9.17, 15) is 13.2 Å². The summed E-state index contributed by atoms with van der Waals surface area (Å²) in [5.41, 5.74) is 4.10. The fraction of sp³-hybridized carbons (Fsp3) is 0.632. The highest BCUT2D eigenvalue weighted by atomic mass is 32.2. The van der Waals surface area contributed by atoms with Crippen LogP contribution in [-0.2, 0) is 10.0 Å². The molecule has 3 rings (SSSR count). The Morgan fingerprint density at radius 1 is 1.15 bits per heavy atom. The van der Waals surface area contributed by atoms with E-state index in [1.54, 1.807) is 12.1 Å². The molecule has 0 atom stereocenters. The van der Waals surface area contributed by atoms with Gasteiger partial charge in [-0.2, -0.15) is 0 Å². The SMILES string of the molecule is Cc1ccc(S(=O)(=O)NC2CCCCC2)cc1C(=O)NN1CC[NH+](C)CC1. The molecule has 0 aromatic heterocycles. The van der Waals surface area contributed by atoms with Crippen LogP contribution in [0.3, 0.4) is 0 Å². The maximum Gasteiger partial charge on any atom is 0.265 e. The second-order valence-corrected chi connectivity index (χ2v) is 9.53. The highest BCUT2D eigenvalue weighted by Gasteiger charge is 2.24. The van der Waals surface area contributed by atoms with Crippen LogP contribution < -0.4 is 15.0 Å². The summed E-state index contributed by atoms with van der Waals surface area (Å²) in [5.74, 6) is -0.248. The summed E-state index contributed by atoms with van der Waals surface area (Å²) in [4.78, 5) is 14.3. The topological polar surface area (TPSA) is 82.9 Å². The van der Waals surface area contributed by atoms with Gasteiger partial charge in [0.25, 0.3) is 5.91 Å². The van der Waals surface area contributed by atoms with Crippen molar-refractivity contribution in [3.05, 3.63) is 29.3 Å². The number of piperazine rings is 1. The van der Waals surface area contributed by atoms with Crippen molar-refractivity contribution < 1.29 is 18.1 Å². The molecule has 2 fully saturated rings. The average Bonchev–Trinajstić information content (AvgIpc) is 2.64. The number of nitrogens with one attached hydrogen (secondary N) is 3. The third-order valence-electron chi connectivity index (χ3n) is 5.57. The van der Waals surface area contributed by atoms with Crippen LogP contribution in [-0.4, -0.2) is 58.6 Å². The van der Waals surface area contributed by atoms with E-state index in [0.29, 0.717) is 5.56 Å². The summed E-state index contributed by atoms with van der Waals surface area (Å²) in [5, 5.41) is 1.91. The summed E-state index contributed by atoms with van der Waals surface area (Å²) < 4.78 is 28.3. The quantitative estimate of drug-likeness (QED) is 0.660. The lowest BCUT2D eigenvalue weighted by Crippen LogP contribution is -3.12. The van der Waals surface area contributed by atoms with Crippen molar-refractivity contribution in [3.8, 4) is 0 Å². The highest BCUT2D eigenvalue weighted by molar-refractivity contribution is 7.89. The number of hydrazine groups is 1. The van der Waals surface area contributed by atoms with Crippen LogP contribution in [0.4, 0.5) is 0 Å². The summed E-state index contributed by atoms with van der Waals surface area (Å²) in [6.07, 6.45) is 5.04. The first-order valence-corrected chi connectivity index (χ1v) is 11.3. The molecule has 1 saturated heterocycles. The molecule has 1 aromatic carbocycles. The molecule has 0 radical (unpaired) electrons. The Morgan fingerprint density at radius 3 is 2.48 bits per heavy atom. The van der Waals surface area contributed by atoms with Gasteiger partial charge in [0.1, 0.15) is 0 Å². The Labute approximate surface area is 162 Å². The number of aryl methyl sites for hydroxylation is 1. The summed E-state index contributed by atoms with van der Waals surface area (Å²) in [7, 11) is -1.48. The standard InChI is InChI=1S/C19H30N4O3S/c1-15-8-9-17(27(25,26)21-16-6-4-3-5-7-16)14-18(15)19(24)20-23-12-10-22(2)11-13-23/h8-9,14,16,21H,3-7,10-13H2,1-2H3,(H,20,24)/p+1. The minimum Gasteiger partial charge on any atom is -0.335 e. The molecule has 1 saturated carbocycles. The third-order valence-corrected chi connectivity index (χ3v) is 7.09. The van der Waals surface area contributed by atoms with E-state index in [0.717, 1.165) is 57.4 Å². The molecule has 3 N–H and O–H groups in total. The Morgan fingerprint density at radius 2 is 1.81 bits per heavy atom. The molecule has 1 heterocycles. The molecule has 27 heavy (non-hydrogen) atoms. The van der Waals surface area contributed by atoms with Gasteiger partial charge in [-0.25, -0.2) is 18.1 Å². The number of likely N-dealkylation sites (N-methyl/N-ethyl adjacent to an activating group) is 1. The first-order chi connectivity index (χ1) is 12.8. The van der Waals surface area contributed by atoms with Crippen molar-refractivity contribution in [2.75, 3.05) is 33.2 Å². The maximum atomic E-state index is 12.8. The fourth-order valence-corrected chi connectivity index (χ4v) is 5.06. The lowest BCUT2D eigenvalue weighted by atomic mass is 9.96. The van der Waals surface area contributed by atoms with E-state index in [1.807, 2.05) is 11.9 Å². The Balaban J connectivity index is 1.72. The molecule has 8 heteroatoms. The van der Waals surface area contributed by atoms with Gasteiger partial charge in [0, 0.05) is 11.6 Å². The molecule has 1 aliphatic heterocycles. The summed E-state index contributed by atoms with van der Waals surface area (Å²) >= 11 is 0. The summed E-state index contributed by atoms with van der Waals surface area (Å²) in [6.45, 7) is 5.35. The molecule has 2 aliphatic rings. The van der Waals surface area contributed by atoms with Crippen molar-refractivity contribution in [2.24, 2.45) is 0 Å². The first kappa shape index (κ1) is 20.3. The van der Waals surface area contributed by atoms with Gasteiger partial charge >= 0.3 is 0 Å². The van der Waals surface area contributed by atoms with Gasteiger partial charge in [-0.05, 0) is 37.5 Å². The first-order valence-electron chi connectivity index (χ1n) is 9.85. The number of amides is 1. The zero-order chi connectivity index (χ0) is 19.4. The number of sulfonamides is 1. The smallest absolute Gasteiger partial charge is 0.265 e. The van der Waals surface area contributed by atoms with Crippen LogP contribution in [0, 0.1) is 6.92 Å². The Hall–Kier alpha value is -1.48. The second-order valence-electron chi connectivity index (χ2n) is 7.82. The zero-order valence-corrected chi connectivity index (χ0v) is 17.1. The number of carbonyl (C=O) groups is 1. The van der Waals surface area contributed by atoms with E-state index in [-0.39, 0.29) is 16.8 Å². The number of hydrogen-bond donors (Lipinski definition) is 3. The number of hydrogen-bond acceptors (Lipinski definition) is 4. The van der Waals surface area contributed by atoms with Gasteiger partial charge in [-0.15, -0.1) is 0 Å².